The number of nitrogens with two attached hydrogens (primary N) is 1. The Morgan fingerprint density at radius 3 is 2.15 bits per heavy atom. The van der Waals surface area contributed by atoms with Crippen LogP contribution < -0.4 is 5.73 Å². The summed E-state index contributed by atoms with van der Waals surface area (Å²) in [4.78, 5) is 3.72. The Labute approximate surface area is 118 Å². The summed E-state index contributed by atoms with van der Waals surface area (Å²) in [6.07, 6.45) is 3.72. The van der Waals surface area contributed by atoms with E-state index in [1.165, 1.54) is 27.1 Å². The number of nitrogens with zero attached hydrogens (tertiary/aromatic N) is 3. The monoisotopic (exact) mass is 320 g/mol. The number of piperazine rings is 1. The van der Waals surface area contributed by atoms with Crippen LogP contribution in [0.2, 0.25) is 0 Å². The van der Waals surface area contributed by atoms with Crippen molar-refractivity contribution in [3.8, 4) is 0 Å². The van der Waals surface area contributed by atoms with Crippen LogP contribution in [0.15, 0.2) is 23.4 Å². The van der Waals surface area contributed by atoms with Gasteiger partial charge >= 0.3 is 0 Å². The van der Waals surface area contributed by atoms with Gasteiger partial charge in [0.15, 0.2) is 0 Å². The maximum atomic E-state index is 12.4. The lowest BCUT2D eigenvalue weighted by atomic mass is 10.4. The van der Waals surface area contributed by atoms with Crippen molar-refractivity contribution in [2.45, 2.75) is 4.90 Å². The molecule has 2 N–H and O–H groups in total. The normalized spacial score (nSPS) is 19.1. The number of aromatic nitrogens is 1. The SMILES string of the molecule is CS(=O)(=O)N1CCN(S(=O)(=O)c2cnccc2N)CC1. The van der Waals surface area contributed by atoms with Crippen LogP contribution in [-0.2, 0) is 20.0 Å². The first kappa shape index (κ1) is 15.2. The standard InChI is InChI=1S/C10H16N4O4S2/c1-19(15,16)13-4-6-14(7-5-13)20(17,18)10-8-12-3-2-9(10)11/h2-3,8H,4-7H2,1H3,(H2,11,12). The van der Waals surface area contributed by atoms with Crippen LogP contribution in [0.25, 0.3) is 0 Å². The topological polar surface area (TPSA) is 114 Å². The average molecular weight is 320 g/mol. The maximum absolute atomic E-state index is 12.4. The van der Waals surface area contributed by atoms with Gasteiger partial charge in [0, 0.05) is 38.6 Å². The van der Waals surface area contributed by atoms with E-state index in [1.807, 2.05) is 0 Å². The van der Waals surface area contributed by atoms with Crippen LogP contribution in [0.4, 0.5) is 5.69 Å². The molecule has 1 aromatic rings. The van der Waals surface area contributed by atoms with Gasteiger partial charge in [-0.3, -0.25) is 4.98 Å². The third-order valence-corrected chi connectivity index (χ3v) is 6.35. The van der Waals surface area contributed by atoms with Gasteiger partial charge in [0.2, 0.25) is 20.0 Å². The molecule has 0 amide bonds. The van der Waals surface area contributed by atoms with Crippen molar-refractivity contribution < 1.29 is 16.8 Å². The molecule has 10 heteroatoms. The zero-order valence-electron chi connectivity index (χ0n) is 10.9. The highest BCUT2D eigenvalue weighted by atomic mass is 32.2. The van der Waals surface area contributed by atoms with Crippen LogP contribution in [0, 0.1) is 0 Å². The van der Waals surface area contributed by atoms with Crippen molar-refractivity contribution in [2.24, 2.45) is 0 Å². The van der Waals surface area contributed by atoms with Gasteiger partial charge in [-0.15, -0.1) is 0 Å². The Kier molecular flexibility index (Phi) is 4.00. The highest BCUT2D eigenvalue weighted by molar-refractivity contribution is 7.89. The molecule has 0 radical (unpaired) electrons. The van der Waals surface area contributed by atoms with Crippen LogP contribution in [0.5, 0.6) is 0 Å². The van der Waals surface area contributed by atoms with Crippen molar-refractivity contribution in [3.05, 3.63) is 18.5 Å². The molecule has 0 aromatic carbocycles. The van der Waals surface area contributed by atoms with Crippen molar-refractivity contribution in [1.82, 2.24) is 13.6 Å². The lowest BCUT2D eigenvalue weighted by Crippen LogP contribution is -2.50. The highest BCUT2D eigenvalue weighted by Gasteiger charge is 2.32. The minimum Gasteiger partial charge on any atom is -0.398 e. The summed E-state index contributed by atoms with van der Waals surface area (Å²) in [5.74, 6) is 0. The first-order chi connectivity index (χ1) is 9.23. The van der Waals surface area contributed by atoms with E-state index in [-0.39, 0.29) is 36.8 Å². The number of nitrogen functional groups attached to an aromatic ring is 1. The van der Waals surface area contributed by atoms with E-state index in [2.05, 4.69) is 4.98 Å². The first-order valence-electron chi connectivity index (χ1n) is 5.87. The van der Waals surface area contributed by atoms with Gasteiger partial charge < -0.3 is 5.73 Å². The molecular formula is C10H16N4O4S2. The summed E-state index contributed by atoms with van der Waals surface area (Å²) in [5, 5.41) is 0. The molecule has 1 fully saturated rings. The zero-order valence-corrected chi connectivity index (χ0v) is 12.6. The van der Waals surface area contributed by atoms with E-state index in [1.54, 1.807) is 0 Å². The first-order valence-corrected chi connectivity index (χ1v) is 9.16. The predicted molar refractivity (Wildman–Crippen MR) is 73.8 cm³/mol. The number of hydrogen-bond acceptors (Lipinski definition) is 6. The fourth-order valence-electron chi connectivity index (χ4n) is 1.99. The lowest BCUT2D eigenvalue weighted by Gasteiger charge is -2.32. The van der Waals surface area contributed by atoms with Gasteiger partial charge in [-0.1, -0.05) is 0 Å². The molecule has 1 aliphatic rings. The number of anilines is 1. The van der Waals surface area contributed by atoms with Crippen LogP contribution in [0.3, 0.4) is 0 Å². The molecule has 2 rings (SSSR count). The second-order valence-electron chi connectivity index (χ2n) is 4.48. The molecule has 20 heavy (non-hydrogen) atoms. The molecule has 1 aliphatic heterocycles. The van der Waals surface area contributed by atoms with E-state index < -0.39 is 20.0 Å². The Bertz CT molecular complexity index is 694. The molecular weight excluding hydrogens is 304 g/mol. The van der Waals surface area contributed by atoms with E-state index in [4.69, 9.17) is 5.73 Å². The molecule has 8 nitrogen and oxygen atoms in total. The third-order valence-electron chi connectivity index (χ3n) is 3.10. The van der Waals surface area contributed by atoms with Crippen molar-refractivity contribution in [2.75, 3.05) is 38.2 Å². The second-order valence-corrected chi connectivity index (χ2v) is 8.37. The molecule has 1 aromatic heterocycles. The van der Waals surface area contributed by atoms with Gasteiger partial charge in [-0.05, 0) is 6.07 Å². The van der Waals surface area contributed by atoms with E-state index in [9.17, 15) is 16.8 Å². The van der Waals surface area contributed by atoms with Gasteiger partial charge in [-0.2, -0.15) is 8.61 Å². The van der Waals surface area contributed by atoms with Gasteiger partial charge in [0.05, 0.1) is 11.9 Å². The predicted octanol–water partition coefficient (Wildman–Crippen LogP) is -1.07. The number of sulfonamides is 2. The summed E-state index contributed by atoms with van der Waals surface area (Å²) in [7, 11) is -7.03. The molecule has 0 unspecified atom stereocenters. The van der Waals surface area contributed by atoms with Crippen molar-refractivity contribution >= 4 is 25.7 Å². The van der Waals surface area contributed by atoms with Crippen LogP contribution in [0.1, 0.15) is 0 Å². The number of rotatable bonds is 3. The van der Waals surface area contributed by atoms with Gasteiger partial charge in [-0.25, -0.2) is 16.8 Å². The fourth-order valence-corrected chi connectivity index (χ4v) is 4.30. The summed E-state index contributed by atoms with van der Waals surface area (Å²) in [6, 6.07) is 1.42. The summed E-state index contributed by atoms with van der Waals surface area (Å²) in [5.41, 5.74) is 5.79. The highest BCUT2D eigenvalue weighted by Crippen LogP contribution is 2.22. The Morgan fingerprint density at radius 2 is 1.65 bits per heavy atom. The molecule has 112 valence electrons. The summed E-state index contributed by atoms with van der Waals surface area (Å²) < 4.78 is 50.1. The fraction of sp³-hybridized carbons (Fsp3) is 0.500. The number of hydrogen-bond donors (Lipinski definition) is 1. The Hall–Kier alpha value is -1.23. The largest absolute Gasteiger partial charge is 0.398 e. The van der Waals surface area contributed by atoms with Gasteiger partial charge in [0.1, 0.15) is 4.90 Å². The molecule has 0 spiro atoms. The van der Waals surface area contributed by atoms with E-state index in [0.717, 1.165) is 6.26 Å². The van der Waals surface area contributed by atoms with E-state index >= 15 is 0 Å². The molecule has 0 saturated carbocycles. The summed E-state index contributed by atoms with van der Waals surface area (Å²) >= 11 is 0. The maximum Gasteiger partial charge on any atom is 0.246 e. The average Bonchev–Trinajstić information content (AvgIpc) is 2.38. The number of pyridine rings is 1. The minimum absolute atomic E-state index is 0.0483. The molecule has 2 heterocycles. The van der Waals surface area contributed by atoms with Crippen LogP contribution >= 0.6 is 0 Å². The quantitative estimate of drug-likeness (QED) is 0.758. The second kappa shape index (κ2) is 5.28. The third kappa shape index (κ3) is 2.92. The van der Waals surface area contributed by atoms with Crippen LogP contribution in [-0.4, -0.2) is 62.9 Å². The summed E-state index contributed by atoms with van der Waals surface area (Å²) in [6.45, 7) is 0.476. The lowest BCUT2D eigenvalue weighted by molar-refractivity contribution is 0.274. The van der Waals surface area contributed by atoms with Gasteiger partial charge in [0.25, 0.3) is 0 Å². The Morgan fingerprint density at radius 1 is 1.10 bits per heavy atom. The minimum atomic E-state index is -3.74. The van der Waals surface area contributed by atoms with Crippen molar-refractivity contribution in [1.29, 1.82) is 0 Å². The molecule has 0 aliphatic carbocycles. The van der Waals surface area contributed by atoms with E-state index in [0.29, 0.717) is 0 Å². The molecule has 0 bridgehead atoms. The smallest absolute Gasteiger partial charge is 0.246 e. The zero-order chi connectivity index (χ0) is 15.0. The van der Waals surface area contributed by atoms with Crippen molar-refractivity contribution in [3.63, 3.8) is 0 Å². The molecule has 0 atom stereocenters. The Balaban J connectivity index is 2.20. The molecule has 1 saturated heterocycles.